The van der Waals surface area contributed by atoms with E-state index in [9.17, 15) is 54.6 Å². The summed E-state index contributed by atoms with van der Waals surface area (Å²) in [5.74, 6) is -10.8. The Morgan fingerprint density at radius 3 is 2.33 bits per heavy atom. The lowest BCUT2D eigenvalue weighted by atomic mass is 9.84. The number of carboxylic acids is 1. The average Bonchev–Trinajstić information content (AvgIpc) is 4.07. The first kappa shape index (κ1) is 60.3. The maximum atomic E-state index is 16.6. The Kier molecular flexibility index (Phi) is 17.4. The molecular formula is C58H72FN7O16. The Balaban J connectivity index is 1.24. The zero-order valence-corrected chi connectivity index (χ0v) is 47.3. The van der Waals surface area contributed by atoms with Crippen molar-refractivity contribution in [2.24, 2.45) is 34.3 Å². The van der Waals surface area contributed by atoms with Crippen LogP contribution in [0.5, 0.6) is 28.7 Å². The number of phenolic OH excluding ortho intramolecular Hbond substituents is 3. The molecule has 1 saturated carbocycles. The van der Waals surface area contributed by atoms with E-state index in [0.29, 0.717) is 19.3 Å². The number of aliphatic hydroxyl groups excluding tert-OH is 2. The van der Waals surface area contributed by atoms with Gasteiger partial charge in [-0.3, -0.25) is 24.2 Å². The number of Topliss-reactive ketones (excluding diaryl/α,β-unsaturated/α-hetero) is 1. The van der Waals surface area contributed by atoms with Crippen molar-refractivity contribution in [3.05, 3.63) is 86.7 Å². The minimum atomic E-state index is -2.20. The zero-order valence-electron chi connectivity index (χ0n) is 47.3. The molecule has 0 radical (unpaired) electrons. The molecule has 9 rings (SSSR count). The van der Waals surface area contributed by atoms with E-state index in [-0.39, 0.29) is 87.3 Å². The molecule has 11 N–H and O–H groups in total. The smallest absolute Gasteiger partial charge is 0.341 e. The molecule has 442 valence electrons. The first-order chi connectivity index (χ1) is 38.7. The van der Waals surface area contributed by atoms with E-state index >= 15 is 4.39 Å². The number of amides is 1. The summed E-state index contributed by atoms with van der Waals surface area (Å²) in [5.41, 5.74) is 10.9. The zero-order chi connectivity index (χ0) is 60.1. The number of anilines is 2. The first-order valence-electron chi connectivity index (χ1n) is 27.0. The fourth-order valence-electron chi connectivity index (χ4n) is 11.1. The normalized spacial score (nSPS) is 27.8. The largest absolute Gasteiger partial charge is 0.507 e. The van der Waals surface area contributed by atoms with Crippen LogP contribution in [0.3, 0.4) is 0 Å². The lowest BCUT2D eigenvalue weighted by molar-refractivity contribution is -0.155. The molecule has 24 heteroatoms. The number of benzene rings is 3. The molecule has 5 bridgehead atoms. The monoisotopic (exact) mass is 1140 g/mol. The second-order valence-electron chi connectivity index (χ2n) is 22.2. The van der Waals surface area contributed by atoms with Crippen LogP contribution >= 0.6 is 0 Å². The van der Waals surface area contributed by atoms with Crippen molar-refractivity contribution in [3.63, 3.8) is 0 Å². The SMILES string of the molecule is COc1c(N2CCC(N(CC(C)C)/N=C/c3c4c(O)c5c(O)c(C)c6c(c5c3O)C(=O)[C@@](C)(O/C=C/[C@H](OC)[C@@H](C)[C@@H](OC(C)=O)[C@H](N)[C@H](O)[C@H](N)[C@@H](O)[C@@H](C)/C=C/C=C(/C)C(=O)N4)O6)C2)c(F)cc2c(=O)c(C(=O)O)cn(C3CC3)c12. The Morgan fingerprint density at radius 1 is 1.01 bits per heavy atom. The van der Waals surface area contributed by atoms with Gasteiger partial charge in [0.05, 0.1) is 89.1 Å². The Bertz CT molecular complexity index is 3410. The van der Waals surface area contributed by atoms with Gasteiger partial charge in [0, 0.05) is 81.2 Å². The van der Waals surface area contributed by atoms with E-state index in [1.807, 2.05) is 13.8 Å². The summed E-state index contributed by atoms with van der Waals surface area (Å²) in [6.07, 6.45) is 5.81. The number of nitrogens with zero attached hydrogens (tertiary/aromatic N) is 4. The summed E-state index contributed by atoms with van der Waals surface area (Å²) in [4.78, 5) is 68.8. The molecule has 1 saturated heterocycles. The van der Waals surface area contributed by atoms with Gasteiger partial charge in [-0.25, -0.2) is 9.18 Å². The Morgan fingerprint density at radius 2 is 1.71 bits per heavy atom. The van der Waals surface area contributed by atoms with Crippen molar-refractivity contribution < 1.29 is 77.9 Å². The molecule has 5 aliphatic rings. The average molecular weight is 1140 g/mol. The van der Waals surface area contributed by atoms with Crippen molar-refractivity contribution in [1.82, 2.24) is 9.58 Å². The number of esters is 1. The van der Waals surface area contributed by atoms with Crippen LogP contribution < -0.4 is 36.6 Å². The number of hydrazone groups is 1. The summed E-state index contributed by atoms with van der Waals surface area (Å²) in [6.45, 7) is 13.1. The number of rotatable bonds is 11. The highest BCUT2D eigenvalue weighted by molar-refractivity contribution is 6.24. The number of aliphatic hydroxyl groups is 2. The number of hydrogen-bond donors (Lipinski definition) is 9. The number of fused-ring (bicyclic) bond motifs is 15. The molecule has 0 spiro atoms. The Labute approximate surface area is 471 Å². The third-order valence-electron chi connectivity index (χ3n) is 15.8. The number of hydrogen-bond acceptors (Lipinski definition) is 20. The van der Waals surface area contributed by atoms with E-state index in [1.54, 1.807) is 28.3 Å². The van der Waals surface area contributed by atoms with Crippen molar-refractivity contribution in [2.45, 2.75) is 129 Å². The highest BCUT2D eigenvalue weighted by atomic mass is 19.1. The number of carbonyl (C=O) groups excluding carboxylic acids is 3. The highest BCUT2D eigenvalue weighted by Gasteiger charge is 2.50. The van der Waals surface area contributed by atoms with Crippen LogP contribution in [-0.2, 0) is 23.8 Å². The van der Waals surface area contributed by atoms with E-state index in [4.69, 9.17) is 40.3 Å². The van der Waals surface area contributed by atoms with Gasteiger partial charge in [0.2, 0.25) is 5.43 Å². The van der Waals surface area contributed by atoms with Gasteiger partial charge in [0.25, 0.3) is 11.7 Å². The molecule has 1 unspecified atom stereocenters. The number of halogens is 1. The molecular weight excluding hydrogens is 1070 g/mol. The fourth-order valence-corrected chi connectivity index (χ4v) is 11.1. The standard InChI is InChI=1S/C58H72FN7O16/c1-25(2)22-66(32-16-18-64(23-32)45-36(59)20-33-44(54(45)79-10)65(31-14-15-31)24-35(48(33)70)57(76)77)62-21-34-43-50(72)39-38(49(34)71)40-52(29(6)47(39)69)82-58(8,55(40)74)80-19-17-37(78-9)28(5)53(81-30(7)67)42(61)51(73)41(60)46(68)26(3)12-11-13-27(4)56(75)63-43/h11-13,17,19-21,24-26,28,31-32,37,41-42,46,51,53,68-69,71-73H,14-16,18,22-23,60-61H2,1-10H3,(H,63,75)(H,76,77)/b12-11+,19-17+,27-13-,62-21+/t26-,28+,32?,37-,41+,42+,46-,51+,53+,58-/m0/s1. The number of methoxy groups -OCH3 is 2. The molecule has 2 fully saturated rings. The molecule has 4 aromatic rings. The molecule has 5 heterocycles. The fraction of sp³-hybridized carbons (Fsp3) is 0.483. The molecule has 4 aliphatic heterocycles. The number of carbonyl (C=O) groups is 4. The van der Waals surface area contributed by atoms with Gasteiger partial charge in [-0.15, -0.1) is 0 Å². The summed E-state index contributed by atoms with van der Waals surface area (Å²) in [5, 5.41) is 77.8. The number of allylic oxidation sites excluding steroid dienone is 2. The predicted molar refractivity (Wildman–Crippen MR) is 301 cm³/mol. The number of ketones is 1. The van der Waals surface area contributed by atoms with Crippen LogP contribution in [0.4, 0.5) is 15.8 Å². The molecule has 1 aromatic heterocycles. The number of nitrogens with two attached hydrogens (primary N) is 2. The number of nitrogens with one attached hydrogen (secondary N) is 1. The first-order valence-corrected chi connectivity index (χ1v) is 27.0. The predicted octanol–water partition coefficient (Wildman–Crippen LogP) is 5.20. The summed E-state index contributed by atoms with van der Waals surface area (Å²) in [7, 11) is 2.69. The summed E-state index contributed by atoms with van der Waals surface area (Å²) in [6, 6.07) is -2.31. The molecule has 1 amide bonds. The van der Waals surface area contributed by atoms with Gasteiger partial charge in [0.1, 0.15) is 34.6 Å². The summed E-state index contributed by atoms with van der Waals surface area (Å²) < 4.78 is 47.6. The van der Waals surface area contributed by atoms with Gasteiger partial charge in [0.15, 0.2) is 17.3 Å². The third kappa shape index (κ3) is 11.2. The van der Waals surface area contributed by atoms with Gasteiger partial charge in [-0.1, -0.05) is 45.9 Å². The van der Waals surface area contributed by atoms with Gasteiger partial charge in [-0.2, -0.15) is 5.10 Å². The Hall–Kier alpha value is -7.77. The van der Waals surface area contributed by atoms with Gasteiger partial charge in [-0.05, 0) is 51.2 Å². The number of aromatic hydroxyl groups is 3. The number of phenols is 3. The minimum absolute atomic E-state index is 0.0331. The molecule has 82 heavy (non-hydrogen) atoms. The molecule has 10 atom stereocenters. The van der Waals surface area contributed by atoms with E-state index in [1.165, 1.54) is 71.7 Å². The van der Waals surface area contributed by atoms with E-state index in [0.717, 1.165) is 19.3 Å². The van der Waals surface area contributed by atoms with Crippen LogP contribution in [0.25, 0.3) is 21.7 Å². The van der Waals surface area contributed by atoms with Crippen molar-refractivity contribution >= 4 is 62.9 Å². The quantitative estimate of drug-likeness (QED) is 0.0306. The van der Waals surface area contributed by atoms with E-state index < -0.39 is 129 Å². The number of aromatic carboxylic acids is 1. The second kappa shape index (κ2) is 23.6. The number of carboxylic acid groups (broad SMARTS) is 1. The topological polar surface area (TPSA) is 341 Å². The molecule has 1 aliphatic carbocycles. The number of ether oxygens (including phenoxy) is 5. The second-order valence-corrected chi connectivity index (χ2v) is 22.2. The highest BCUT2D eigenvalue weighted by Crippen LogP contribution is 2.55. The maximum Gasteiger partial charge on any atom is 0.341 e. The van der Waals surface area contributed by atoms with Crippen LogP contribution in [0.15, 0.2) is 58.3 Å². The number of pyridine rings is 1. The van der Waals surface area contributed by atoms with E-state index in [2.05, 4.69) is 5.32 Å². The van der Waals surface area contributed by atoms with Gasteiger partial charge >= 0.3 is 17.7 Å². The van der Waals surface area contributed by atoms with Gasteiger partial charge < -0.3 is 80.6 Å². The summed E-state index contributed by atoms with van der Waals surface area (Å²) >= 11 is 0. The van der Waals surface area contributed by atoms with Crippen LogP contribution in [0.1, 0.15) is 106 Å². The number of aromatic nitrogens is 1. The lowest BCUT2D eigenvalue weighted by Gasteiger charge is -2.37. The van der Waals surface area contributed by atoms with Crippen LogP contribution in [-0.4, -0.2) is 152 Å². The minimum Gasteiger partial charge on any atom is -0.507 e. The maximum absolute atomic E-state index is 16.6. The van der Waals surface area contributed by atoms with Crippen molar-refractivity contribution in [2.75, 3.05) is 44.1 Å². The third-order valence-corrected chi connectivity index (χ3v) is 15.8. The molecule has 3 aromatic carbocycles. The van der Waals surface area contributed by atoms with Crippen molar-refractivity contribution in [1.29, 1.82) is 0 Å². The van der Waals surface area contributed by atoms with Crippen LogP contribution in [0, 0.1) is 30.5 Å². The van der Waals surface area contributed by atoms with Crippen molar-refractivity contribution in [3.8, 4) is 28.7 Å². The molecule has 23 nitrogen and oxygen atoms in total. The lowest BCUT2D eigenvalue weighted by Crippen LogP contribution is -2.60. The van der Waals surface area contributed by atoms with Crippen LogP contribution in [0.2, 0.25) is 0 Å².